The molecule has 0 saturated carbocycles. The van der Waals surface area contributed by atoms with Crippen LogP contribution in [0.2, 0.25) is 0 Å². The van der Waals surface area contributed by atoms with Gasteiger partial charge in [-0.1, -0.05) is 6.07 Å². The van der Waals surface area contributed by atoms with Crippen molar-refractivity contribution in [2.45, 2.75) is 18.7 Å². The van der Waals surface area contributed by atoms with Gasteiger partial charge in [0.2, 0.25) is 0 Å². The Morgan fingerprint density at radius 3 is 2.35 bits per heavy atom. The van der Waals surface area contributed by atoms with Gasteiger partial charge in [-0.15, -0.1) is 11.8 Å². The Bertz CT molecular complexity index is 636. The van der Waals surface area contributed by atoms with E-state index < -0.39 is 0 Å². The second-order valence-electron chi connectivity index (χ2n) is 4.71. The van der Waals surface area contributed by atoms with Crippen LogP contribution in [-0.2, 0) is 0 Å². The number of nitrogens with two attached hydrogens (primary N) is 1. The molecule has 0 fully saturated rings. The maximum atomic E-state index is 12.2. The molecule has 4 heteroatoms. The monoisotopic (exact) mass is 286 g/mol. The van der Waals surface area contributed by atoms with Crippen molar-refractivity contribution in [1.29, 1.82) is 0 Å². The summed E-state index contributed by atoms with van der Waals surface area (Å²) in [5.74, 6) is -0.121. The summed E-state index contributed by atoms with van der Waals surface area (Å²) >= 11 is 1.65. The molecule has 0 aliphatic carbocycles. The number of rotatable bonds is 3. The van der Waals surface area contributed by atoms with Gasteiger partial charge in [-0.25, -0.2) is 0 Å². The lowest BCUT2D eigenvalue weighted by Crippen LogP contribution is -2.13. The SMILES string of the molecule is CSc1ccc(C(=O)Nc2cc(N)c(C)cc2C)cc1. The number of amides is 1. The molecule has 0 aliphatic heterocycles. The van der Waals surface area contributed by atoms with Gasteiger partial charge in [-0.2, -0.15) is 0 Å². The van der Waals surface area contributed by atoms with E-state index in [-0.39, 0.29) is 5.91 Å². The van der Waals surface area contributed by atoms with Gasteiger partial charge in [-0.05, 0) is 61.6 Å². The van der Waals surface area contributed by atoms with Gasteiger partial charge in [0.25, 0.3) is 5.91 Å². The highest BCUT2D eigenvalue weighted by Crippen LogP contribution is 2.23. The summed E-state index contributed by atoms with van der Waals surface area (Å²) in [4.78, 5) is 13.3. The van der Waals surface area contributed by atoms with Crippen LogP contribution >= 0.6 is 11.8 Å². The highest BCUT2D eigenvalue weighted by atomic mass is 32.2. The average Bonchev–Trinajstić information content (AvgIpc) is 2.44. The van der Waals surface area contributed by atoms with Crippen LogP contribution in [0.15, 0.2) is 41.3 Å². The number of thioether (sulfide) groups is 1. The zero-order valence-electron chi connectivity index (χ0n) is 11.9. The van der Waals surface area contributed by atoms with E-state index in [0.717, 1.165) is 21.7 Å². The number of hydrogen-bond acceptors (Lipinski definition) is 3. The van der Waals surface area contributed by atoms with Gasteiger partial charge in [0, 0.05) is 21.8 Å². The minimum Gasteiger partial charge on any atom is -0.398 e. The van der Waals surface area contributed by atoms with Crippen LogP contribution < -0.4 is 11.1 Å². The Morgan fingerprint density at radius 1 is 1.10 bits per heavy atom. The summed E-state index contributed by atoms with van der Waals surface area (Å²) in [5.41, 5.74) is 9.99. The zero-order valence-corrected chi connectivity index (χ0v) is 12.7. The largest absolute Gasteiger partial charge is 0.398 e. The van der Waals surface area contributed by atoms with Crippen LogP contribution in [0, 0.1) is 13.8 Å². The van der Waals surface area contributed by atoms with Crippen LogP contribution in [0.3, 0.4) is 0 Å². The van der Waals surface area contributed by atoms with E-state index in [9.17, 15) is 4.79 Å². The Morgan fingerprint density at radius 2 is 1.75 bits per heavy atom. The van der Waals surface area contributed by atoms with Crippen molar-refractivity contribution in [3.05, 3.63) is 53.1 Å². The van der Waals surface area contributed by atoms with Crippen LogP contribution in [-0.4, -0.2) is 12.2 Å². The molecule has 1 amide bonds. The Hall–Kier alpha value is -1.94. The number of benzene rings is 2. The van der Waals surface area contributed by atoms with Gasteiger partial charge in [0.1, 0.15) is 0 Å². The molecule has 3 N–H and O–H groups in total. The van der Waals surface area contributed by atoms with Gasteiger partial charge in [-0.3, -0.25) is 4.79 Å². The lowest BCUT2D eigenvalue weighted by molar-refractivity contribution is 0.102. The third kappa shape index (κ3) is 3.14. The number of hydrogen-bond donors (Lipinski definition) is 2. The predicted octanol–water partition coefficient (Wildman–Crippen LogP) is 3.86. The average molecular weight is 286 g/mol. The van der Waals surface area contributed by atoms with Crippen molar-refractivity contribution in [3.63, 3.8) is 0 Å². The first-order valence-corrected chi connectivity index (χ1v) is 7.56. The van der Waals surface area contributed by atoms with Crippen molar-refractivity contribution in [1.82, 2.24) is 0 Å². The highest BCUT2D eigenvalue weighted by molar-refractivity contribution is 7.98. The van der Waals surface area contributed by atoms with Crippen LogP contribution in [0.1, 0.15) is 21.5 Å². The molecule has 0 saturated heterocycles. The van der Waals surface area contributed by atoms with E-state index >= 15 is 0 Å². The lowest BCUT2D eigenvalue weighted by atomic mass is 10.1. The molecule has 104 valence electrons. The number of nitrogens with one attached hydrogen (secondary N) is 1. The van der Waals surface area contributed by atoms with E-state index in [2.05, 4.69) is 5.32 Å². The molecule has 0 heterocycles. The molecule has 0 aromatic heterocycles. The molecule has 0 aliphatic rings. The van der Waals surface area contributed by atoms with E-state index in [4.69, 9.17) is 5.73 Å². The molecular formula is C16H18N2OS. The fourth-order valence-corrected chi connectivity index (χ4v) is 2.35. The summed E-state index contributed by atoms with van der Waals surface area (Å²) in [7, 11) is 0. The van der Waals surface area contributed by atoms with Crippen molar-refractivity contribution in [2.24, 2.45) is 0 Å². The standard InChI is InChI=1S/C16H18N2OS/c1-10-8-11(2)15(9-14(10)17)18-16(19)12-4-6-13(20-3)7-5-12/h4-9H,17H2,1-3H3,(H,18,19). The molecule has 20 heavy (non-hydrogen) atoms. The van der Waals surface area contributed by atoms with Crippen molar-refractivity contribution in [2.75, 3.05) is 17.3 Å². The van der Waals surface area contributed by atoms with Gasteiger partial charge in [0.15, 0.2) is 0 Å². The molecule has 3 nitrogen and oxygen atoms in total. The number of anilines is 2. The molecule has 0 atom stereocenters. The number of nitrogen functional groups attached to an aromatic ring is 1. The number of aryl methyl sites for hydroxylation is 2. The Labute approximate surface area is 123 Å². The summed E-state index contributed by atoms with van der Waals surface area (Å²) in [5, 5.41) is 2.91. The first kappa shape index (κ1) is 14.5. The lowest BCUT2D eigenvalue weighted by Gasteiger charge is -2.11. The van der Waals surface area contributed by atoms with Crippen molar-refractivity contribution >= 4 is 29.0 Å². The summed E-state index contributed by atoms with van der Waals surface area (Å²) < 4.78 is 0. The Kier molecular flexibility index (Phi) is 4.35. The number of carbonyl (C=O) groups is 1. The molecule has 2 aromatic rings. The van der Waals surface area contributed by atoms with Crippen LogP contribution in [0.25, 0.3) is 0 Å². The fraction of sp³-hybridized carbons (Fsp3) is 0.188. The molecule has 2 aromatic carbocycles. The predicted molar refractivity (Wildman–Crippen MR) is 86.5 cm³/mol. The normalized spacial score (nSPS) is 10.3. The van der Waals surface area contributed by atoms with Gasteiger partial charge in [0.05, 0.1) is 0 Å². The van der Waals surface area contributed by atoms with Crippen molar-refractivity contribution < 1.29 is 4.79 Å². The second kappa shape index (κ2) is 6.01. The van der Waals surface area contributed by atoms with Crippen LogP contribution in [0.4, 0.5) is 11.4 Å². The topological polar surface area (TPSA) is 55.1 Å². The quantitative estimate of drug-likeness (QED) is 0.665. The summed E-state index contributed by atoms with van der Waals surface area (Å²) in [6, 6.07) is 11.3. The third-order valence-corrected chi connectivity index (χ3v) is 3.96. The van der Waals surface area contributed by atoms with E-state index in [1.165, 1.54) is 0 Å². The second-order valence-corrected chi connectivity index (χ2v) is 5.59. The summed E-state index contributed by atoms with van der Waals surface area (Å²) in [6.45, 7) is 3.91. The highest BCUT2D eigenvalue weighted by Gasteiger charge is 2.09. The molecule has 0 radical (unpaired) electrons. The fourth-order valence-electron chi connectivity index (χ4n) is 1.94. The van der Waals surface area contributed by atoms with Crippen LogP contribution in [0.5, 0.6) is 0 Å². The molecular weight excluding hydrogens is 268 g/mol. The molecule has 2 rings (SSSR count). The maximum Gasteiger partial charge on any atom is 0.255 e. The minimum absolute atomic E-state index is 0.121. The first-order valence-electron chi connectivity index (χ1n) is 6.33. The maximum absolute atomic E-state index is 12.2. The van der Waals surface area contributed by atoms with E-state index in [1.807, 2.05) is 50.4 Å². The third-order valence-electron chi connectivity index (χ3n) is 3.21. The molecule has 0 unspecified atom stereocenters. The van der Waals surface area contributed by atoms with Crippen molar-refractivity contribution in [3.8, 4) is 0 Å². The minimum atomic E-state index is -0.121. The van der Waals surface area contributed by atoms with Gasteiger partial charge < -0.3 is 11.1 Å². The first-order chi connectivity index (χ1) is 9.51. The summed E-state index contributed by atoms with van der Waals surface area (Å²) in [6.07, 6.45) is 2.01. The Balaban J connectivity index is 2.20. The smallest absolute Gasteiger partial charge is 0.255 e. The molecule has 0 spiro atoms. The van der Waals surface area contributed by atoms with E-state index in [0.29, 0.717) is 11.3 Å². The molecule has 0 bridgehead atoms. The van der Waals surface area contributed by atoms with Gasteiger partial charge >= 0.3 is 0 Å². The zero-order chi connectivity index (χ0) is 14.7. The number of carbonyl (C=O) groups excluding carboxylic acids is 1. The van der Waals surface area contributed by atoms with E-state index in [1.54, 1.807) is 17.8 Å².